The average Bonchev–Trinajstić information content (AvgIpc) is 2.83. The highest BCUT2D eigenvalue weighted by molar-refractivity contribution is 5.85. The molecule has 2 saturated carbocycles. The summed E-state index contributed by atoms with van der Waals surface area (Å²) in [5.74, 6) is -0.120. The van der Waals surface area contributed by atoms with Crippen LogP contribution >= 0.6 is 0 Å². The third-order valence-electron chi connectivity index (χ3n) is 8.47. The van der Waals surface area contributed by atoms with Gasteiger partial charge in [-0.05, 0) is 91.2 Å². The van der Waals surface area contributed by atoms with Crippen molar-refractivity contribution in [3.8, 4) is 0 Å². The van der Waals surface area contributed by atoms with E-state index in [1.54, 1.807) is 18.2 Å². The van der Waals surface area contributed by atoms with Gasteiger partial charge in [-0.1, -0.05) is 63.7 Å². The van der Waals surface area contributed by atoms with Crippen molar-refractivity contribution in [3.05, 3.63) is 59.4 Å². The van der Waals surface area contributed by atoms with Gasteiger partial charge in [-0.3, -0.25) is 0 Å². The molecule has 2 aromatic carbocycles. The maximum atomic E-state index is 15.5. The van der Waals surface area contributed by atoms with Crippen molar-refractivity contribution in [2.75, 3.05) is 0 Å². The molecule has 2 aliphatic carbocycles. The minimum atomic E-state index is -1.04. The monoisotopic (exact) mass is 456 g/mol. The van der Waals surface area contributed by atoms with Crippen molar-refractivity contribution >= 4 is 10.8 Å². The lowest BCUT2D eigenvalue weighted by molar-refractivity contribution is 0.112. The fraction of sp³-hybridized carbons (Fsp3) is 0.600. The first-order valence-corrected chi connectivity index (χ1v) is 13.2. The van der Waals surface area contributed by atoms with Gasteiger partial charge in [-0.2, -0.15) is 0 Å². The molecule has 0 saturated heterocycles. The summed E-state index contributed by atoms with van der Waals surface area (Å²) in [5.41, 5.74) is 0.874. The number of hydrogen-bond donors (Lipinski definition) is 0. The van der Waals surface area contributed by atoms with Crippen molar-refractivity contribution in [1.82, 2.24) is 0 Å². The third kappa shape index (κ3) is 5.33. The molecule has 4 atom stereocenters. The van der Waals surface area contributed by atoms with Crippen molar-refractivity contribution in [2.45, 2.75) is 96.3 Å². The molecule has 0 amide bonds. The zero-order valence-corrected chi connectivity index (χ0v) is 20.2. The molecule has 0 aliphatic heterocycles. The first kappa shape index (κ1) is 24.4. The summed E-state index contributed by atoms with van der Waals surface area (Å²) in [4.78, 5) is 0. The Morgan fingerprint density at radius 1 is 0.909 bits per heavy atom. The summed E-state index contributed by atoms with van der Waals surface area (Å²) in [6.07, 6.45) is 16.3. The molecule has 2 fully saturated rings. The van der Waals surface area contributed by atoms with Gasteiger partial charge in [-0.25, -0.2) is 13.2 Å². The number of unbranched alkanes of at least 4 members (excludes halogenated alkanes) is 3. The molecule has 0 nitrogen and oxygen atoms in total. The van der Waals surface area contributed by atoms with Crippen molar-refractivity contribution in [3.63, 3.8) is 0 Å². The van der Waals surface area contributed by atoms with Crippen LogP contribution < -0.4 is 0 Å². The van der Waals surface area contributed by atoms with E-state index >= 15 is 4.39 Å². The van der Waals surface area contributed by atoms with Crippen molar-refractivity contribution in [2.24, 2.45) is 17.8 Å². The standard InChI is InChI=1S/C30H39F3/c1-3-5-7-8-9-20-11-12-22-18-23(14-13-21(22)17-20)26-16-15-24-19-25(10-6-4-2)28(31)30(33)27(24)29(26)32/h4,15-16,19-23H,2-3,5-14,17-18H2,1H3. The van der Waals surface area contributed by atoms with Crippen LogP contribution in [-0.2, 0) is 6.42 Å². The number of hydrogen-bond acceptors (Lipinski definition) is 0. The zero-order chi connectivity index (χ0) is 23.4. The summed E-state index contributed by atoms with van der Waals surface area (Å²) in [7, 11) is 0. The first-order chi connectivity index (χ1) is 16.0. The largest absolute Gasteiger partial charge is 0.206 e. The topological polar surface area (TPSA) is 0 Å². The normalized spacial score (nSPS) is 25.2. The van der Waals surface area contributed by atoms with Crippen LogP contribution in [0.3, 0.4) is 0 Å². The summed E-state index contributed by atoms with van der Waals surface area (Å²) in [6.45, 7) is 5.90. The zero-order valence-electron chi connectivity index (χ0n) is 20.2. The van der Waals surface area contributed by atoms with Gasteiger partial charge in [0.1, 0.15) is 5.82 Å². The smallest absolute Gasteiger partial charge is 0.169 e. The Morgan fingerprint density at radius 2 is 1.70 bits per heavy atom. The fourth-order valence-electron chi connectivity index (χ4n) is 6.60. The number of benzene rings is 2. The predicted octanol–water partition coefficient (Wildman–Crippen LogP) is 9.65. The Kier molecular flexibility index (Phi) is 8.20. The van der Waals surface area contributed by atoms with Gasteiger partial charge in [0.15, 0.2) is 11.6 Å². The first-order valence-electron chi connectivity index (χ1n) is 13.2. The minimum Gasteiger partial charge on any atom is -0.206 e. The van der Waals surface area contributed by atoms with E-state index in [-0.39, 0.29) is 11.3 Å². The lowest BCUT2D eigenvalue weighted by Crippen LogP contribution is -2.30. The summed E-state index contributed by atoms with van der Waals surface area (Å²) in [5, 5.41) is 0.275. The molecule has 2 aromatic rings. The third-order valence-corrected chi connectivity index (χ3v) is 8.47. The molecule has 2 aliphatic rings. The molecule has 0 N–H and O–H groups in total. The molecule has 0 heterocycles. The maximum Gasteiger partial charge on any atom is 0.169 e. The minimum absolute atomic E-state index is 0.111. The van der Waals surface area contributed by atoms with E-state index < -0.39 is 17.5 Å². The van der Waals surface area contributed by atoms with Crippen molar-refractivity contribution < 1.29 is 13.2 Å². The second-order valence-corrected chi connectivity index (χ2v) is 10.6. The van der Waals surface area contributed by atoms with E-state index in [0.717, 1.165) is 31.1 Å². The van der Waals surface area contributed by atoms with Crippen LogP contribution in [0, 0.1) is 35.2 Å². The molecule has 3 heteroatoms. The van der Waals surface area contributed by atoms with E-state index in [4.69, 9.17) is 0 Å². The van der Waals surface area contributed by atoms with Gasteiger partial charge in [0.05, 0.1) is 5.39 Å². The van der Waals surface area contributed by atoms with Crippen LogP contribution in [0.15, 0.2) is 30.9 Å². The molecule has 180 valence electrons. The highest BCUT2D eigenvalue weighted by Gasteiger charge is 2.36. The Morgan fingerprint density at radius 3 is 2.48 bits per heavy atom. The van der Waals surface area contributed by atoms with Gasteiger partial charge in [0, 0.05) is 0 Å². The number of aryl methyl sites for hydroxylation is 1. The quantitative estimate of drug-likeness (QED) is 0.260. The van der Waals surface area contributed by atoms with Gasteiger partial charge < -0.3 is 0 Å². The van der Waals surface area contributed by atoms with Crippen LogP contribution in [0.5, 0.6) is 0 Å². The van der Waals surface area contributed by atoms with Gasteiger partial charge in [0.25, 0.3) is 0 Å². The average molecular weight is 457 g/mol. The number of halogens is 3. The van der Waals surface area contributed by atoms with E-state index in [2.05, 4.69) is 13.5 Å². The molecule has 0 radical (unpaired) electrons. The summed E-state index contributed by atoms with van der Waals surface area (Å²) >= 11 is 0. The molecule has 4 unspecified atom stereocenters. The van der Waals surface area contributed by atoms with Gasteiger partial charge >= 0.3 is 0 Å². The van der Waals surface area contributed by atoms with E-state index in [9.17, 15) is 8.78 Å². The Labute approximate surface area is 197 Å². The molecule has 0 aromatic heterocycles. The second-order valence-electron chi connectivity index (χ2n) is 10.6. The molecule has 0 bridgehead atoms. The highest BCUT2D eigenvalue weighted by atomic mass is 19.2. The van der Waals surface area contributed by atoms with E-state index in [1.165, 1.54) is 51.4 Å². The van der Waals surface area contributed by atoms with Crippen LogP contribution in [0.2, 0.25) is 0 Å². The second kappa shape index (κ2) is 11.1. The van der Waals surface area contributed by atoms with Crippen molar-refractivity contribution in [1.29, 1.82) is 0 Å². The Bertz CT molecular complexity index is 963. The fourth-order valence-corrected chi connectivity index (χ4v) is 6.60. The molecular formula is C30H39F3. The molecule has 4 rings (SSSR count). The lowest BCUT2D eigenvalue weighted by atomic mass is 9.63. The van der Waals surface area contributed by atoms with E-state index in [1.807, 2.05) is 6.07 Å². The van der Waals surface area contributed by atoms with Gasteiger partial charge in [0.2, 0.25) is 0 Å². The SMILES string of the molecule is C=CCCc1cc2ccc(C3CCC4CC(CCCCCC)CCC4C3)c(F)c2c(F)c1F. The number of allylic oxidation sites excluding steroid dienone is 1. The van der Waals surface area contributed by atoms with Crippen LogP contribution in [0.4, 0.5) is 13.2 Å². The maximum absolute atomic E-state index is 15.5. The van der Waals surface area contributed by atoms with Crippen LogP contribution in [0.25, 0.3) is 10.8 Å². The number of fused-ring (bicyclic) bond motifs is 2. The van der Waals surface area contributed by atoms with Crippen LogP contribution in [-0.4, -0.2) is 0 Å². The van der Waals surface area contributed by atoms with Gasteiger partial charge in [-0.15, -0.1) is 6.58 Å². The van der Waals surface area contributed by atoms with Crippen LogP contribution in [0.1, 0.15) is 101 Å². The Hall–Kier alpha value is -1.77. The molecular weight excluding hydrogens is 417 g/mol. The summed E-state index contributed by atoms with van der Waals surface area (Å²) < 4.78 is 45.1. The lowest BCUT2D eigenvalue weighted by Gasteiger charge is -2.42. The summed E-state index contributed by atoms with van der Waals surface area (Å²) in [6, 6.07) is 5.21. The molecule has 33 heavy (non-hydrogen) atoms. The molecule has 0 spiro atoms. The van der Waals surface area contributed by atoms with E-state index in [0.29, 0.717) is 35.3 Å². The number of rotatable bonds is 9. The highest BCUT2D eigenvalue weighted by Crippen LogP contribution is 2.49. The Balaban J connectivity index is 1.46. The predicted molar refractivity (Wildman–Crippen MR) is 132 cm³/mol.